The monoisotopic (exact) mass is 283 g/mol. The minimum Gasteiger partial charge on any atom is -0.465 e. The number of rotatable bonds is 6. The lowest BCUT2D eigenvalue weighted by Gasteiger charge is -2.14. The van der Waals surface area contributed by atoms with Crippen LogP contribution >= 0.6 is 0 Å². The summed E-state index contributed by atoms with van der Waals surface area (Å²) in [6, 6.07) is 18.3. The number of carbonyl (C=O) groups excluding carboxylic acids is 1. The largest absolute Gasteiger partial charge is 0.465 e. The molecule has 0 aromatic heterocycles. The smallest absolute Gasteiger partial charge is 0.337 e. The summed E-state index contributed by atoms with van der Waals surface area (Å²) in [4.78, 5) is 11.5. The molecule has 0 radical (unpaired) electrons. The summed E-state index contributed by atoms with van der Waals surface area (Å²) in [7, 11) is 1.40. The zero-order valence-electron chi connectivity index (χ0n) is 12.5. The van der Waals surface area contributed by atoms with Gasteiger partial charge in [-0.25, -0.2) is 4.79 Å². The fourth-order valence-corrected chi connectivity index (χ4v) is 2.26. The molecular weight excluding hydrogens is 262 g/mol. The highest BCUT2D eigenvalue weighted by atomic mass is 16.5. The molecule has 0 unspecified atom stereocenters. The fourth-order valence-electron chi connectivity index (χ4n) is 2.26. The zero-order chi connectivity index (χ0) is 15.1. The van der Waals surface area contributed by atoms with Crippen LogP contribution in [0.5, 0.6) is 0 Å². The van der Waals surface area contributed by atoms with Crippen molar-refractivity contribution in [1.82, 2.24) is 5.32 Å². The third-order valence-electron chi connectivity index (χ3n) is 3.51. The van der Waals surface area contributed by atoms with Gasteiger partial charge in [-0.2, -0.15) is 0 Å². The molecule has 0 bridgehead atoms. The van der Waals surface area contributed by atoms with Gasteiger partial charge in [-0.3, -0.25) is 0 Å². The first kappa shape index (κ1) is 15.3. The quantitative estimate of drug-likeness (QED) is 0.826. The maximum absolute atomic E-state index is 11.5. The average Bonchev–Trinajstić information content (AvgIpc) is 2.55. The van der Waals surface area contributed by atoms with Gasteiger partial charge in [0, 0.05) is 6.04 Å². The molecule has 0 saturated heterocycles. The van der Waals surface area contributed by atoms with Crippen LogP contribution in [0, 0.1) is 0 Å². The van der Waals surface area contributed by atoms with Crippen molar-refractivity contribution >= 4 is 5.97 Å². The van der Waals surface area contributed by atoms with E-state index in [1.807, 2.05) is 36.4 Å². The van der Waals surface area contributed by atoms with Crippen LogP contribution < -0.4 is 5.32 Å². The van der Waals surface area contributed by atoms with E-state index >= 15 is 0 Å². The standard InChI is InChI=1S/C18H21NO2/c1-14(16-8-4-3-5-9-16)19-12-11-15-7-6-10-17(13-15)18(20)21-2/h3-10,13-14,19H,11-12H2,1-2H3/t14-/m0/s1. The number of hydrogen-bond acceptors (Lipinski definition) is 3. The van der Waals surface area contributed by atoms with Crippen molar-refractivity contribution in [3.63, 3.8) is 0 Å². The van der Waals surface area contributed by atoms with Crippen molar-refractivity contribution in [3.8, 4) is 0 Å². The third-order valence-corrected chi connectivity index (χ3v) is 3.51. The Morgan fingerprint density at radius 3 is 2.62 bits per heavy atom. The Morgan fingerprint density at radius 2 is 1.90 bits per heavy atom. The average molecular weight is 283 g/mol. The molecule has 0 saturated carbocycles. The van der Waals surface area contributed by atoms with Crippen molar-refractivity contribution < 1.29 is 9.53 Å². The number of carbonyl (C=O) groups is 1. The van der Waals surface area contributed by atoms with Crippen LogP contribution in [0.3, 0.4) is 0 Å². The highest BCUT2D eigenvalue weighted by Crippen LogP contribution is 2.12. The van der Waals surface area contributed by atoms with Gasteiger partial charge in [0.1, 0.15) is 0 Å². The van der Waals surface area contributed by atoms with Crippen LogP contribution in [0.1, 0.15) is 34.5 Å². The second-order valence-electron chi connectivity index (χ2n) is 5.03. The van der Waals surface area contributed by atoms with Crippen LogP contribution in [0.4, 0.5) is 0 Å². The summed E-state index contributed by atoms with van der Waals surface area (Å²) in [5.41, 5.74) is 3.01. The predicted octanol–water partition coefficient (Wildman–Crippen LogP) is 3.37. The molecule has 21 heavy (non-hydrogen) atoms. The Morgan fingerprint density at radius 1 is 1.14 bits per heavy atom. The Hall–Kier alpha value is -2.13. The first-order chi connectivity index (χ1) is 10.2. The molecule has 110 valence electrons. The molecule has 0 aliphatic heterocycles. The number of benzene rings is 2. The van der Waals surface area contributed by atoms with Gasteiger partial charge in [0.15, 0.2) is 0 Å². The molecular formula is C18H21NO2. The van der Waals surface area contributed by atoms with E-state index in [4.69, 9.17) is 4.74 Å². The van der Waals surface area contributed by atoms with Gasteiger partial charge in [-0.15, -0.1) is 0 Å². The van der Waals surface area contributed by atoms with Gasteiger partial charge >= 0.3 is 5.97 Å². The summed E-state index contributed by atoms with van der Waals surface area (Å²) < 4.78 is 4.74. The van der Waals surface area contributed by atoms with E-state index in [1.54, 1.807) is 6.07 Å². The van der Waals surface area contributed by atoms with Crippen molar-refractivity contribution in [1.29, 1.82) is 0 Å². The molecule has 2 aromatic rings. The molecule has 0 aliphatic carbocycles. The van der Waals surface area contributed by atoms with Crippen molar-refractivity contribution in [2.75, 3.05) is 13.7 Å². The maximum atomic E-state index is 11.5. The molecule has 3 nitrogen and oxygen atoms in total. The first-order valence-corrected chi connectivity index (χ1v) is 7.16. The molecule has 0 heterocycles. The highest BCUT2D eigenvalue weighted by Gasteiger charge is 2.06. The third kappa shape index (κ3) is 4.43. The first-order valence-electron chi connectivity index (χ1n) is 7.16. The number of hydrogen-bond donors (Lipinski definition) is 1. The molecule has 2 rings (SSSR count). The van der Waals surface area contributed by atoms with E-state index in [1.165, 1.54) is 12.7 Å². The summed E-state index contributed by atoms with van der Waals surface area (Å²) >= 11 is 0. The fraction of sp³-hybridized carbons (Fsp3) is 0.278. The zero-order valence-corrected chi connectivity index (χ0v) is 12.5. The van der Waals surface area contributed by atoms with Crippen LogP contribution in [0.25, 0.3) is 0 Å². The van der Waals surface area contributed by atoms with E-state index in [9.17, 15) is 4.79 Å². The highest BCUT2D eigenvalue weighted by molar-refractivity contribution is 5.89. The Labute approximate surface area is 126 Å². The van der Waals surface area contributed by atoms with E-state index in [2.05, 4.69) is 24.4 Å². The van der Waals surface area contributed by atoms with Crippen molar-refractivity contribution in [3.05, 3.63) is 71.3 Å². The Kier molecular flexibility index (Phi) is 5.52. The lowest BCUT2D eigenvalue weighted by molar-refractivity contribution is 0.0600. The molecule has 0 aliphatic rings. The predicted molar refractivity (Wildman–Crippen MR) is 84.3 cm³/mol. The van der Waals surface area contributed by atoms with Crippen molar-refractivity contribution in [2.45, 2.75) is 19.4 Å². The van der Waals surface area contributed by atoms with Gasteiger partial charge in [-0.1, -0.05) is 42.5 Å². The minimum absolute atomic E-state index is 0.289. The summed E-state index contributed by atoms with van der Waals surface area (Å²) in [5.74, 6) is -0.289. The molecule has 0 amide bonds. The van der Waals surface area contributed by atoms with E-state index in [0.717, 1.165) is 18.5 Å². The number of methoxy groups -OCH3 is 1. The summed E-state index contributed by atoms with van der Waals surface area (Å²) in [5, 5.41) is 3.49. The van der Waals surface area contributed by atoms with Crippen LogP contribution in [-0.2, 0) is 11.2 Å². The molecule has 0 spiro atoms. The van der Waals surface area contributed by atoms with Crippen molar-refractivity contribution in [2.24, 2.45) is 0 Å². The second-order valence-corrected chi connectivity index (χ2v) is 5.03. The van der Waals surface area contributed by atoms with Gasteiger partial charge in [0.05, 0.1) is 12.7 Å². The minimum atomic E-state index is -0.289. The number of ether oxygens (including phenoxy) is 1. The van der Waals surface area contributed by atoms with Crippen LogP contribution in [0.15, 0.2) is 54.6 Å². The van der Waals surface area contributed by atoms with Gasteiger partial charge in [0.2, 0.25) is 0 Å². The lowest BCUT2D eigenvalue weighted by Crippen LogP contribution is -2.21. The van der Waals surface area contributed by atoms with E-state index in [-0.39, 0.29) is 5.97 Å². The van der Waals surface area contributed by atoms with E-state index < -0.39 is 0 Å². The summed E-state index contributed by atoms with van der Waals surface area (Å²) in [6.45, 7) is 3.01. The molecule has 1 atom stereocenters. The SMILES string of the molecule is COC(=O)c1cccc(CCN[C@@H](C)c2ccccc2)c1. The Bertz CT molecular complexity index is 581. The molecule has 2 aromatic carbocycles. The van der Waals surface area contributed by atoms with E-state index in [0.29, 0.717) is 11.6 Å². The maximum Gasteiger partial charge on any atom is 0.337 e. The van der Waals surface area contributed by atoms with Crippen LogP contribution in [0.2, 0.25) is 0 Å². The number of nitrogens with one attached hydrogen (secondary N) is 1. The summed E-state index contributed by atoms with van der Waals surface area (Å²) in [6.07, 6.45) is 0.877. The lowest BCUT2D eigenvalue weighted by atomic mass is 10.1. The Balaban J connectivity index is 1.87. The van der Waals surface area contributed by atoms with Gasteiger partial charge < -0.3 is 10.1 Å². The molecule has 0 fully saturated rings. The normalized spacial score (nSPS) is 11.9. The van der Waals surface area contributed by atoms with Gasteiger partial charge in [0.25, 0.3) is 0 Å². The second kappa shape index (κ2) is 7.60. The molecule has 1 N–H and O–H groups in total. The molecule has 3 heteroatoms. The topological polar surface area (TPSA) is 38.3 Å². The van der Waals surface area contributed by atoms with Gasteiger partial charge in [-0.05, 0) is 43.1 Å². The number of esters is 1. The van der Waals surface area contributed by atoms with Crippen LogP contribution in [-0.4, -0.2) is 19.6 Å².